The third-order valence-electron chi connectivity index (χ3n) is 2.13. The van der Waals surface area contributed by atoms with Crippen LogP contribution in [0.3, 0.4) is 0 Å². The lowest BCUT2D eigenvalue weighted by atomic mass is 10.1. The Morgan fingerprint density at radius 1 is 1.31 bits per heavy atom. The summed E-state index contributed by atoms with van der Waals surface area (Å²) in [7, 11) is -3.55. The minimum absolute atomic E-state index is 0.262. The van der Waals surface area contributed by atoms with E-state index in [9.17, 15) is 8.42 Å². The molecule has 0 aliphatic heterocycles. The predicted molar refractivity (Wildman–Crippen MR) is 64.4 cm³/mol. The van der Waals surface area contributed by atoms with Gasteiger partial charge in [-0.1, -0.05) is 24.1 Å². The zero-order valence-corrected chi connectivity index (χ0v) is 10.4. The van der Waals surface area contributed by atoms with E-state index >= 15 is 0 Å². The fraction of sp³-hybridized carbons (Fsp3) is 0.333. The molecule has 86 valence electrons. The maximum Gasteiger partial charge on any atom is 0.242 e. The third kappa shape index (κ3) is 2.84. The van der Waals surface area contributed by atoms with Crippen LogP contribution in [0.2, 0.25) is 0 Å². The number of hydrogen-bond acceptors (Lipinski definition) is 2. The van der Waals surface area contributed by atoms with Crippen molar-refractivity contribution < 1.29 is 8.42 Å². The maximum absolute atomic E-state index is 12.0. The van der Waals surface area contributed by atoms with Gasteiger partial charge >= 0.3 is 0 Å². The quantitative estimate of drug-likeness (QED) is 0.813. The van der Waals surface area contributed by atoms with Gasteiger partial charge in [-0.05, 0) is 32.4 Å². The highest BCUT2D eigenvalue weighted by Gasteiger charge is 2.24. The van der Waals surface area contributed by atoms with Crippen molar-refractivity contribution >= 4 is 10.0 Å². The minimum atomic E-state index is -3.55. The Bertz CT molecular complexity index is 524. The summed E-state index contributed by atoms with van der Waals surface area (Å²) < 4.78 is 26.5. The first-order valence-electron chi connectivity index (χ1n) is 4.86. The molecule has 0 spiro atoms. The van der Waals surface area contributed by atoms with Gasteiger partial charge in [-0.15, -0.1) is 6.42 Å². The normalized spacial score (nSPS) is 12.1. The van der Waals surface area contributed by atoms with E-state index in [0.29, 0.717) is 5.56 Å². The molecule has 1 aromatic rings. The molecular formula is C12H15NO2S. The highest BCUT2D eigenvalue weighted by Crippen LogP contribution is 2.16. The molecule has 0 heterocycles. The second-order valence-corrected chi connectivity index (χ2v) is 5.79. The Kier molecular flexibility index (Phi) is 3.41. The van der Waals surface area contributed by atoms with Gasteiger partial charge in [0, 0.05) is 0 Å². The highest BCUT2D eigenvalue weighted by molar-refractivity contribution is 7.89. The van der Waals surface area contributed by atoms with Gasteiger partial charge in [-0.25, -0.2) is 8.42 Å². The Balaban J connectivity index is 3.16. The van der Waals surface area contributed by atoms with Crippen molar-refractivity contribution in [3.8, 4) is 12.3 Å². The van der Waals surface area contributed by atoms with Crippen LogP contribution < -0.4 is 4.72 Å². The van der Waals surface area contributed by atoms with Crippen LogP contribution in [0.1, 0.15) is 19.4 Å². The summed E-state index contributed by atoms with van der Waals surface area (Å²) in [5.74, 6) is 2.40. The molecule has 0 unspecified atom stereocenters. The number of aryl methyl sites for hydroxylation is 1. The molecule has 0 aromatic heterocycles. The molecule has 16 heavy (non-hydrogen) atoms. The molecule has 0 saturated carbocycles. The molecule has 0 atom stereocenters. The minimum Gasteiger partial charge on any atom is -0.207 e. The monoisotopic (exact) mass is 237 g/mol. The second-order valence-electron chi connectivity index (χ2n) is 4.14. The lowest BCUT2D eigenvalue weighted by Crippen LogP contribution is -2.42. The predicted octanol–water partition coefficient (Wildman–Crippen LogP) is 1.69. The second kappa shape index (κ2) is 4.28. The molecule has 3 nitrogen and oxygen atoms in total. The molecule has 0 aliphatic rings. The Morgan fingerprint density at radius 2 is 1.88 bits per heavy atom. The molecular weight excluding hydrogens is 222 g/mol. The maximum atomic E-state index is 12.0. The molecule has 0 aliphatic carbocycles. The van der Waals surface area contributed by atoms with Gasteiger partial charge in [-0.2, -0.15) is 4.72 Å². The van der Waals surface area contributed by atoms with Crippen molar-refractivity contribution in [2.45, 2.75) is 31.2 Å². The van der Waals surface area contributed by atoms with E-state index in [1.807, 2.05) is 0 Å². The van der Waals surface area contributed by atoms with Crippen molar-refractivity contribution in [2.75, 3.05) is 0 Å². The van der Waals surface area contributed by atoms with E-state index in [-0.39, 0.29) is 4.90 Å². The molecule has 0 radical (unpaired) electrons. The van der Waals surface area contributed by atoms with Crippen LogP contribution in [0.4, 0.5) is 0 Å². The summed E-state index contributed by atoms with van der Waals surface area (Å²) in [6, 6.07) is 6.78. The number of sulfonamides is 1. The summed E-state index contributed by atoms with van der Waals surface area (Å²) in [6.07, 6.45) is 5.25. The van der Waals surface area contributed by atoms with Crippen molar-refractivity contribution in [3.63, 3.8) is 0 Å². The van der Waals surface area contributed by atoms with Crippen LogP contribution in [0, 0.1) is 19.3 Å². The van der Waals surface area contributed by atoms with Crippen molar-refractivity contribution in [2.24, 2.45) is 0 Å². The fourth-order valence-corrected chi connectivity index (χ4v) is 2.87. The van der Waals surface area contributed by atoms with E-state index < -0.39 is 15.6 Å². The highest BCUT2D eigenvalue weighted by atomic mass is 32.2. The van der Waals surface area contributed by atoms with Crippen LogP contribution in [-0.2, 0) is 10.0 Å². The van der Waals surface area contributed by atoms with Gasteiger partial charge in [0.15, 0.2) is 0 Å². The first-order chi connectivity index (χ1) is 7.28. The molecule has 1 rings (SSSR count). The smallest absolute Gasteiger partial charge is 0.207 e. The van der Waals surface area contributed by atoms with Crippen LogP contribution in [0.5, 0.6) is 0 Å². The van der Waals surface area contributed by atoms with E-state index in [1.165, 1.54) is 0 Å². The van der Waals surface area contributed by atoms with Crippen molar-refractivity contribution in [1.29, 1.82) is 0 Å². The summed E-state index contributed by atoms with van der Waals surface area (Å²) in [5.41, 5.74) is -0.191. The summed E-state index contributed by atoms with van der Waals surface area (Å²) in [6.45, 7) is 5.03. The molecule has 1 N–H and O–H groups in total. The molecule has 0 amide bonds. The number of nitrogens with one attached hydrogen (secondary N) is 1. The summed E-state index contributed by atoms with van der Waals surface area (Å²) in [4.78, 5) is 0.262. The number of rotatable bonds is 3. The average molecular weight is 237 g/mol. The van der Waals surface area contributed by atoms with Crippen molar-refractivity contribution in [1.82, 2.24) is 4.72 Å². The summed E-state index contributed by atoms with van der Waals surface area (Å²) in [5, 5.41) is 0. The van der Waals surface area contributed by atoms with Crippen LogP contribution in [0.25, 0.3) is 0 Å². The molecule has 0 saturated heterocycles. The zero-order chi connectivity index (χ0) is 12.4. The standard InChI is InChI=1S/C12H15NO2S/c1-5-12(3,4)13-16(14,15)11-9-7-6-8-10(11)2/h1,6-9,13H,2-4H3. The summed E-state index contributed by atoms with van der Waals surface area (Å²) >= 11 is 0. The van der Waals surface area contributed by atoms with Gasteiger partial charge in [0.25, 0.3) is 0 Å². The lowest BCUT2D eigenvalue weighted by molar-refractivity contribution is 0.538. The number of terminal acetylenes is 1. The SMILES string of the molecule is C#CC(C)(C)NS(=O)(=O)c1ccccc1C. The molecule has 1 aromatic carbocycles. The molecule has 4 heteroatoms. The van der Waals surface area contributed by atoms with Gasteiger partial charge in [0.1, 0.15) is 0 Å². The Morgan fingerprint density at radius 3 is 2.38 bits per heavy atom. The van der Waals surface area contributed by atoms with Gasteiger partial charge in [-0.3, -0.25) is 0 Å². The lowest BCUT2D eigenvalue weighted by Gasteiger charge is -2.20. The largest absolute Gasteiger partial charge is 0.242 e. The third-order valence-corrected chi connectivity index (χ3v) is 3.95. The van der Waals surface area contributed by atoms with Crippen LogP contribution in [0.15, 0.2) is 29.2 Å². The van der Waals surface area contributed by atoms with Gasteiger partial charge in [0.05, 0.1) is 10.4 Å². The molecule has 0 bridgehead atoms. The van der Waals surface area contributed by atoms with E-state index in [0.717, 1.165) is 0 Å². The Hall–Kier alpha value is -1.31. The van der Waals surface area contributed by atoms with Gasteiger partial charge in [0.2, 0.25) is 10.0 Å². The van der Waals surface area contributed by atoms with E-state index in [4.69, 9.17) is 6.42 Å². The van der Waals surface area contributed by atoms with Crippen LogP contribution >= 0.6 is 0 Å². The Labute approximate surface area is 96.9 Å². The van der Waals surface area contributed by atoms with E-state index in [1.54, 1.807) is 45.0 Å². The van der Waals surface area contributed by atoms with Crippen LogP contribution in [-0.4, -0.2) is 14.0 Å². The number of benzene rings is 1. The number of hydrogen-bond donors (Lipinski definition) is 1. The molecule has 0 fully saturated rings. The average Bonchev–Trinajstić information content (AvgIpc) is 2.16. The van der Waals surface area contributed by atoms with E-state index in [2.05, 4.69) is 10.6 Å². The zero-order valence-electron chi connectivity index (χ0n) is 9.61. The van der Waals surface area contributed by atoms with Gasteiger partial charge < -0.3 is 0 Å². The fourth-order valence-electron chi connectivity index (χ4n) is 1.28. The first kappa shape index (κ1) is 12.8. The topological polar surface area (TPSA) is 46.2 Å². The van der Waals surface area contributed by atoms with Crippen molar-refractivity contribution in [3.05, 3.63) is 29.8 Å². The first-order valence-corrected chi connectivity index (χ1v) is 6.34.